The standard InChI is InChI=1S/C19H14F3N5O2S/c1-30-16-4-11(20)9(2-12(16)21)3-14-18-24-5-10(8-28)27(18)7-15(25-14)17-23-6-13(22)19(29)26-17/h2,4-7,28H,3,8H2,1H3,(H,23,26,29). The number of aliphatic hydroxyl groups is 1. The van der Waals surface area contributed by atoms with Gasteiger partial charge in [-0.1, -0.05) is 0 Å². The molecule has 3 heterocycles. The fourth-order valence-corrected chi connectivity index (χ4v) is 3.48. The quantitative estimate of drug-likeness (QED) is 0.470. The van der Waals surface area contributed by atoms with Gasteiger partial charge in [0.25, 0.3) is 5.56 Å². The Bertz CT molecular complexity index is 1320. The summed E-state index contributed by atoms with van der Waals surface area (Å²) >= 11 is 1.09. The zero-order valence-electron chi connectivity index (χ0n) is 15.5. The minimum Gasteiger partial charge on any atom is -0.390 e. The number of aliphatic hydroxyl groups excluding tert-OH is 1. The maximum atomic E-state index is 14.5. The summed E-state index contributed by atoms with van der Waals surface area (Å²) in [5, 5.41) is 9.57. The Morgan fingerprint density at radius 3 is 2.63 bits per heavy atom. The molecule has 0 saturated carbocycles. The van der Waals surface area contributed by atoms with E-state index in [0.717, 1.165) is 30.1 Å². The van der Waals surface area contributed by atoms with Crippen LogP contribution in [-0.4, -0.2) is 35.7 Å². The molecule has 0 aliphatic rings. The fraction of sp³-hybridized carbons (Fsp3) is 0.158. The third-order valence-corrected chi connectivity index (χ3v) is 5.23. The van der Waals surface area contributed by atoms with E-state index < -0.39 is 23.0 Å². The molecule has 0 saturated heterocycles. The highest BCUT2D eigenvalue weighted by atomic mass is 32.2. The lowest BCUT2D eigenvalue weighted by Gasteiger charge is -2.10. The number of hydrogen-bond acceptors (Lipinski definition) is 6. The second-order valence-electron chi connectivity index (χ2n) is 6.34. The molecular weight excluding hydrogens is 419 g/mol. The van der Waals surface area contributed by atoms with Crippen LogP contribution in [0.5, 0.6) is 0 Å². The largest absolute Gasteiger partial charge is 0.390 e. The third kappa shape index (κ3) is 3.57. The van der Waals surface area contributed by atoms with Gasteiger partial charge in [-0.05, 0) is 24.0 Å². The number of hydrogen-bond donors (Lipinski definition) is 2. The lowest BCUT2D eigenvalue weighted by Crippen LogP contribution is -2.14. The Morgan fingerprint density at radius 1 is 1.13 bits per heavy atom. The van der Waals surface area contributed by atoms with Gasteiger partial charge in [0.15, 0.2) is 11.5 Å². The van der Waals surface area contributed by atoms with E-state index in [1.807, 2.05) is 0 Å². The van der Waals surface area contributed by atoms with Crippen LogP contribution in [0.4, 0.5) is 13.2 Å². The van der Waals surface area contributed by atoms with Crippen LogP contribution < -0.4 is 5.56 Å². The monoisotopic (exact) mass is 433 g/mol. The zero-order chi connectivity index (χ0) is 21.4. The smallest absolute Gasteiger partial charge is 0.287 e. The molecule has 0 bridgehead atoms. The van der Waals surface area contributed by atoms with Crippen molar-refractivity contribution in [2.45, 2.75) is 17.9 Å². The predicted octanol–water partition coefficient (Wildman–Crippen LogP) is 2.70. The number of thioether (sulfide) groups is 1. The van der Waals surface area contributed by atoms with Crippen molar-refractivity contribution in [2.24, 2.45) is 0 Å². The first-order valence-electron chi connectivity index (χ1n) is 8.65. The van der Waals surface area contributed by atoms with Crippen LogP contribution in [-0.2, 0) is 13.0 Å². The summed E-state index contributed by atoms with van der Waals surface area (Å²) in [5.74, 6) is -2.24. The van der Waals surface area contributed by atoms with Crippen LogP contribution in [0.25, 0.3) is 17.2 Å². The Labute approximate surface area is 171 Å². The molecule has 3 aromatic heterocycles. The van der Waals surface area contributed by atoms with Gasteiger partial charge in [-0.25, -0.2) is 23.7 Å². The van der Waals surface area contributed by atoms with Crippen LogP contribution in [0.2, 0.25) is 0 Å². The first-order chi connectivity index (χ1) is 14.4. The maximum Gasteiger partial charge on any atom is 0.287 e. The van der Waals surface area contributed by atoms with Crippen molar-refractivity contribution >= 4 is 17.4 Å². The lowest BCUT2D eigenvalue weighted by molar-refractivity contribution is 0.276. The van der Waals surface area contributed by atoms with Gasteiger partial charge in [-0.2, -0.15) is 4.39 Å². The molecule has 154 valence electrons. The summed E-state index contributed by atoms with van der Waals surface area (Å²) in [6, 6.07) is 2.21. The Kier molecular flexibility index (Phi) is 5.31. The average molecular weight is 433 g/mol. The third-order valence-electron chi connectivity index (χ3n) is 4.48. The van der Waals surface area contributed by atoms with Crippen LogP contribution in [0, 0.1) is 17.5 Å². The molecule has 0 radical (unpaired) electrons. The van der Waals surface area contributed by atoms with Crippen molar-refractivity contribution in [1.29, 1.82) is 0 Å². The van der Waals surface area contributed by atoms with E-state index in [2.05, 4.69) is 19.9 Å². The van der Waals surface area contributed by atoms with Gasteiger partial charge in [0, 0.05) is 17.5 Å². The number of nitrogens with zero attached hydrogens (tertiary/aromatic N) is 4. The molecule has 0 spiro atoms. The molecule has 1 aromatic carbocycles. The summed E-state index contributed by atoms with van der Waals surface area (Å²) in [4.78, 5) is 26.5. The lowest BCUT2D eigenvalue weighted by atomic mass is 10.1. The molecule has 0 aliphatic carbocycles. The van der Waals surface area contributed by atoms with E-state index in [9.17, 15) is 23.1 Å². The number of nitrogens with one attached hydrogen (secondary N) is 1. The summed E-state index contributed by atoms with van der Waals surface area (Å²) in [6.45, 7) is -0.344. The number of fused-ring (bicyclic) bond motifs is 1. The number of imidazole rings is 1. The Balaban J connectivity index is 1.88. The second-order valence-corrected chi connectivity index (χ2v) is 7.19. The summed E-state index contributed by atoms with van der Waals surface area (Å²) in [5.41, 5.74) is 0.214. The van der Waals surface area contributed by atoms with Crippen molar-refractivity contribution in [3.05, 3.63) is 75.5 Å². The van der Waals surface area contributed by atoms with E-state index in [-0.39, 0.29) is 40.7 Å². The topological polar surface area (TPSA) is 96.2 Å². The number of rotatable bonds is 5. The molecule has 11 heteroatoms. The van der Waals surface area contributed by atoms with E-state index in [0.29, 0.717) is 11.3 Å². The van der Waals surface area contributed by atoms with Gasteiger partial charge in [-0.3, -0.25) is 9.20 Å². The van der Waals surface area contributed by atoms with Gasteiger partial charge in [0.05, 0.1) is 30.4 Å². The average Bonchev–Trinajstić information content (AvgIpc) is 3.15. The van der Waals surface area contributed by atoms with E-state index >= 15 is 0 Å². The first-order valence-corrected chi connectivity index (χ1v) is 9.87. The van der Waals surface area contributed by atoms with Gasteiger partial charge >= 0.3 is 0 Å². The summed E-state index contributed by atoms with van der Waals surface area (Å²) in [6.07, 6.45) is 5.17. The van der Waals surface area contributed by atoms with Gasteiger partial charge in [0.1, 0.15) is 17.3 Å². The van der Waals surface area contributed by atoms with Crippen molar-refractivity contribution in [3.63, 3.8) is 0 Å². The van der Waals surface area contributed by atoms with Crippen molar-refractivity contribution in [2.75, 3.05) is 6.26 Å². The summed E-state index contributed by atoms with van der Waals surface area (Å²) < 4.78 is 43.5. The highest BCUT2D eigenvalue weighted by molar-refractivity contribution is 7.98. The number of benzene rings is 1. The minimum absolute atomic E-state index is 0.0217. The molecule has 30 heavy (non-hydrogen) atoms. The number of H-pyrrole nitrogens is 1. The van der Waals surface area contributed by atoms with Gasteiger partial charge in [-0.15, -0.1) is 11.8 Å². The molecule has 2 N–H and O–H groups in total. The van der Waals surface area contributed by atoms with E-state index in [1.54, 1.807) is 6.26 Å². The van der Waals surface area contributed by atoms with Crippen molar-refractivity contribution in [1.82, 2.24) is 24.3 Å². The maximum absolute atomic E-state index is 14.5. The fourth-order valence-electron chi connectivity index (χ4n) is 3.00. The van der Waals surface area contributed by atoms with Crippen molar-refractivity contribution in [3.8, 4) is 11.5 Å². The molecule has 0 amide bonds. The van der Waals surface area contributed by atoms with Crippen molar-refractivity contribution < 1.29 is 18.3 Å². The zero-order valence-corrected chi connectivity index (χ0v) is 16.3. The van der Waals surface area contributed by atoms with Gasteiger partial charge < -0.3 is 10.1 Å². The molecule has 4 rings (SSSR count). The number of halogens is 3. The summed E-state index contributed by atoms with van der Waals surface area (Å²) in [7, 11) is 0. The van der Waals surface area contributed by atoms with Crippen LogP contribution in [0.15, 0.2) is 40.4 Å². The SMILES string of the molecule is CSc1cc(F)c(Cc2nc(-c3ncc(F)c(=O)[nH]3)cn3c(CO)cnc23)cc1F. The van der Waals surface area contributed by atoms with Gasteiger partial charge in [0.2, 0.25) is 5.82 Å². The van der Waals surface area contributed by atoms with Crippen LogP contribution >= 0.6 is 11.8 Å². The highest BCUT2D eigenvalue weighted by Crippen LogP contribution is 2.26. The highest BCUT2D eigenvalue weighted by Gasteiger charge is 2.17. The number of aromatic amines is 1. The molecular formula is C19H14F3N5O2S. The second kappa shape index (κ2) is 7.92. The molecule has 4 aromatic rings. The van der Waals surface area contributed by atoms with E-state index in [4.69, 9.17) is 0 Å². The molecule has 7 nitrogen and oxygen atoms in total. The number of aromatic nitrogens is 5. The van der Waals surface area contributed by atoms with Crippen LogP contribution in [0.1, 0.15) is 17.0 Å². The van der Waals surface area contributed by atoms with E-state index in [1.165, 1.54) is 16.8 Å². The molecule has 0 atom stereocenters. The normalized spacial score (nSPS) is 11.4. The Hall–Kier alpha value is -3.18. The Morgan fingerprint density at radius 2 is 1.93 bits per heavy atom. The molecule has 0 unspecified atom stereocenters. The van der Waals surface area contributed by atoms with Crippen LogP contribution in [0.3, 0.4) is 0 Å². The minimum atomic E-state index is -1.05. The first kappa shape index (κ1) is 20.1. The molecule has 0 fully saturated rings. The molecule has 0 aliphatic heterocycles. The predicted molar refractivity (Wildman–Crippen MR) is 104 cm³/mol.